The van der Waals surface area contributed by atoms with E-state index in [0.717, 1.165) is 5.02 Å². The normalized spacial score (nSPS) is 9.79. The Morgan fingerprint density at radius 2 is 1.42 bits per heavy atom. The Labute approximate surface area is 118 Å². The first-order chi connectivity index (χ1) is 9.15. The Balaban J connectivity index is 0.000000148. The highest BCUT2D eigenvalue weighted by Gasteiger charge is 1.90. The standard InChI is InChI=1S/C10H7Cl.C7H8O/c11-10-6-5-8-3-1-2-4-9(8)7-10;1-6-2-4-7(8)5-3-6/h1-7H;2-5,8H,1H3. The summed E-state index contributed by atoms with van der Waals surface area (Å²) in [6, 6.07) is 21.2. The highest BCUT2D eigenvalue weighted by Crippen LogP contribution is 2.18. The number of aromatic hydroxyl groups is 1. The summed E-state index contributed by atoms with van der Waals surface area (Å²) in [5.41, 5.74) is 1.17. The number of hydrogen-bond acceptors (Lipinski definition) is 1. The summed E-state index contributed by atoms with van der Waals surface area (Å²) in [7, 11) is 0. The van der Waals surface area contributed by atoms with Gasteiger partial charge >= 0.3 is 0 Å². The van der Waals surface area contributed by atoms with Gasteiger partial charge in [-0.15, -0.1) is 0 Å². The van der Waals surface area contributed by atoms with E-state index in [2.05, 4.69) is 12.1 Å². The van der Waals surface area contributed by atoms with Crippen LogP contribution in [0, 0.1) is 6.92 Å². The summed E-state index contributed by atoms with van der Waals surface area (Å²) in [4.78, 5) is 0. The first kappa shape index (κ1) is 13.4. The largest absolute Gasteiger partial charge is 0.508 e. The molecule has 0 aliphatic rings. The van der Waals surface area contributed by atoms with Gasteiger partial charge in [0.05, 0.1) is 0 Å². The topological polar surface area (TPSA) is 20.2 Å². The van der Waals surface area contributed by atoms with Crippen LogP contribution in [0.15, 0.2) is 66.7 Å². The summed E-state index contributed by atoms with van der Waals surface area (Å²) >= 11 is 5.82. The van der Waals surface area contributed by atoms with Crippen molar-refractivity contribution in [2.24, 2.45) is 0 Å². The van der Waals surface area contributed by atoms with Crippen LogP contribution < -0.4 is 0 Å². The Hall–Kier alpha value is -1.99. The summed E-state index contributed by atoms with van der Waals surface area (Å²) in [5.74, 6) is 0.329. The van der Waals surface area contributed by atoms with Crippen LogP contribution in [-0.2, 0) is 0 Å². The van der Waals surface area contributed by atoms with Crippen molar-refractivity contribution < 1.29 is 5.11 Å². The van der Waals surface area contributed by atoms with Gasteiger partial charge in [0, 0.05) is 5.02 Å². The van der Waals surface area contributed by atoms with Gasteiger partial charge in [-0.05, 0) is 42.0 Å². The zero-order chi connectivity index (χ0) is 13.7. The fourth-order valence-corrected chi connectivity index (χ4v) is 1.89. The molecule has 0 aliphatic carbocycles. The fraction of sp³-hybridized carbons (Fsp3) is 0.0588. The van der Waals surface area contributed by atoms with Crippen LogP contribution in [0.1, 0.15) is 5.56 Å². The molecule has 0 bridgehead atoms. The molecule has 2 heteroatoms. The van der Waals surface area contributed by atoms with E-state index in [0.29, 0.717) is 5.75 Å². The van der Waals surface area contributed by atoms with Crippen LogP contribution in [0.2, 0.25) is 5.02 Å². The molecule has 0 saturated heterocycles. The van der Waals surface area contributed by atoms with Crippen LogP contribution in [-0.4, -0.2) is 5.11 Å². The molecule has 3 aromatic carbocycles. The monoisotopic (exact) mass is 270 g/mol. The van der Waals surface area contributed by atoms with Crippen LogP contribution in [0.25, 0.3) is 10.8 Å². The number of halogens is 1. The van der Waals surface area contributed by atoms with E-state index in [1.807, 2.05) is 49.4 Å². The number of fused-ring (bicyclic) bond motifs is 1. The van der Waals surface area contributed by atoms with E-state index in [4.69, 9.17) is 16.7 Å². The fourth-order valence-electron chi connectivity index (χ4n) is 1.70. The van der Waals surface area contributed by atoms with Crippen LogP contribution in [0.5, 0.6) is 5.75 Å². The molecule has 0 aliphatic heterocycles. The third-order valence-electron chi connectivity index (χ3n) is 2.75. The van der Waals surface area contributed by atoms with Gasteiger partial charge in [0.2, 0.25) is 0 Å². The second-order valence-corrected chi connectivity index (χ2v) is 4.76. The van der Waals surface area contributed by atoms with Crippen LogP contribution in [0.3, 0.4) is 0 Å². The maximum atomic E-state index is 8.76. The zero-order valence-corrected chi connectivity index (χ0v) is 11.4. The Morgan fingerprint density at radius 1 is 0.789 bits per heavy atom. The minimum absolute atomic E-state index is 0.329. The van der Waals surface area contributed by atoms with Crippen molar-refractivity contribution in [3.05, 3.63) is 77.3 Å². The Morgan fingerprint density at radius 3 is 2.05 bits per heavy atom. The minimum Gasteiger partial charge on any atom is -0.508 e. The van der Waals surface area contributed by atoms with Gasteiger partial charge in [0.1, 0.15) is 5.75 Å². The molecule has 0 heterocycles. The molecular formula is C17H15ClO. The number of rotatable bonds is 0. The van der Waals surface area contributed by atoms with E-state index >= 15 is 0 Å². The van der Waals surface area contributed by atoms with Gasteiger partial charge in [-0.3, -0.25) is 0 Å². The van der Waals surface area contributed by atoms with Crippen LogP contribution in [0.4, 0.5) is 0 Å². The van der Waals surface area contributed by atoms with E-state index in [-0.39, 0.29) is 0 Å². The molecule has 0 fully saturated rings. The van der Waals surface area contributed by atoms with E-state index in [1.165, 1.54) is 16.3 Å². The quantitative estimate of drug-likeness (QED) is 0.596. The van der Waals surface area contributed by atoms with Gasteiger partial charge in [0.15, 0.2) is 0 Å². The second kappa shape index (κ2) is 6.26. The lowest BCUT2D eigenvalue weighted by Crippen LogP contribution is -1.69. The van der Waals surface area contributed by atoms with Crippen molar-refractivity contribution >= 4 is 22.4 Å². The Bertz CT molecular complexity index is 638. The number of phenolic OH excluding ortho intramolecular Hbond substituents is 1. The third-order valence-corrected chi connectivity index (χ3v) is 2.98. The average molecular weight is 271 g/mol. The van der Waals surface area contributed by atoms with Gasteiger partial charge < -0.3 is 5.11 Å². The maximum Gasteiger partial charge on any atom is 0.115 e. The minimum atomic E-state index is 0.329. The molecule has 19 heavy (non-hydrogen) atoms. The summed E-state index contributed by atoms with van der Waals surface area (Å²) < 4.78 is 0. The second-order valence-electron chi connectivity index (χ2n) is 4.33. The lowest BCUT2D eigenvalue weighted by molar-refractivity contribution is 0.475. The number of benzene rings is 3. The van der Waals surface area contributed by atoms with Crippen molar-refractivity contribution in [2.75, 3.05) is 0 Å². The molecule has 0 radical (unpaired) electrons. The first-order valence-electron chi connectivity index (χ1n) is 6.05. The van der Waals surface area contributed by atoms with Crippen molar-refractivity contribution in [1.82, 2.24) is 0 Å². The molecule has 3 rings (SSSR count). The molecule has 1 nitrogen and oxygen atoms in total. The zero-order valence-electron chi connectivity index (χ0n) is 10.7. The first-order valence-corrected chi connectivity index (χ1v) is 6.43. The number of phenols is 1. The van der Waals surface area contributed by atoms with E-state index in [1.54, 1.807) is 12.1 Å². The summed E-state index contributed by atoms with van der Waals surface area (Å²) in [5, 5.41) is 12.0. The highest BCUT2D eigenvalue weighted by molar-refractivity contribution is 6.31. The molecule has 0 aromatic heterocycles. The molecule has 0 atom stereocenters. The summed E-state index contributed by atoms with van der Waals surface area (Å²) in [6.45, 7) is 1.99. The van der Waals surface area contributed by atoms with Gasteiger partial charge in [-0.2, -0.15) is 0 Å². The molecule has 96 valence electrons. The molecule has 0 saturated carbocycles. The molecule has 0 amide bonds. The average Bonchev–Trinajstić information content (AvgIpc) is 2.43. The van der Waals surface area contributed by atoms with Crippen molar-refractivity contribution in [2.45, 2.75) is 6.92 Å². The van der Waals surface area contributed by atoms with Crippen molar-refractivity contribution in [3.63, 3.8) is 0 Å². The van der Waals surface area contributed by atoms with E-state index < -0.39 is 0 Å². The van der Waals surface area contributed by atoms with Crippen LogP contribution >= 0.6 is 11.6 Å². The molecule has 0 unspecified atom stereocenters. The molecule has 1 N–H and O–H groups in total. The highest BCUT2D eigenvalue weighted by atomic mass is 35.5. The summed E-state index contributed by atoms with van der Waals surface area (Å²) in [6.07, 6.45) is 0. The number of hydrogen-bond donors (Lipinski definition) is 1. The lowest BCUT2D eigenvalue weighted by Gasteiger charge is -1.95. The maximum absolute atomic E-state index is 8.76. The smallest absolute Gasteiger partial charge is 0.115 e. The lowest BCUT2D eigenvalue weighted by atomic mass is 10.1. The van der Waals surface area contributed by atoms with Gasteiger partial charge in [-0.25, -0.2) is 0 Å². The third kappa shape index (κ3) is 4.01. The van der Waals surface area contributed by atoms with Crippen molar-refractivity contribution in [1.29, 1.82) is 0 Å². The Kier molecular flexibility index (Phi) is 4.43. The predicted octanol–water partition coefficient (Wildman–Crippen LogP) is 5.19. The number of aryl methyl sites for hydroxylation is 1. The van der Waals surface area contributed by atoms with Crippen molar-refractivity contribution in [3.8, 4) is 5.75 Å². The van der Waals surface area contributed by atoms with Gasteiger partial charge in [-0.1, -0.05) is 59.6 Å². The molecule has 0 spiro atoms. The SMILES string of the molecule is Cc1ccc(O)cc1.Clc1ccc2ccccc2c1. The molecular weight excluding hydrogens is 256 g/mol. The molecule has 3 aromatic rings. The van der Waals surface area contributed by atoms with Gasteiger partial charge in [0.25, 0.3) is 0 Å². The predicted molar refractivity (Wildman–Crippen MR) is 81.8 cm³/mol. The van der Waals surface area contributed by atoms with E-state index in [9.17, 15) is 0 Å².